The van der Waals surface area contributed by atoms with Crippen molar-refractivity contribution in [1.82, 2.24) is 15.0 Å². The van der Waals surface area contributed by atoms with E-state index in [0.29, 0.717) is 37.9 Å². The van der Waals surface area contributed by atoms with Crippen LogP contribution < -0.4 is 10.4 Å². The van der Waals surface area contributed by atoms with Crippen LogP contribution in [-0.2, 0) is 13.6 Å². The zero-order valence-electron chi connectivity index (χ0n) is 21.6. The van der Waals surface area contributed by atoms with Gasteiger partial charge in [-0.1, -0.05) is 49.1 Å². The second-order valence-corrected chi connectivity index (χ2v) is 12.7. The van der Waals surface area contributed by atoms with Crippen LogP contribution >= 0.6 is 30.8 Å². The number of aliphatic hydroxyl groups excluding tert-OH is 1. The minimum absolute atomic E-state index is 0.0322. The van der Waals surface area contributed by atoms with Crippen LogP contribution in [0.15, 0.2) is 29.4 Å². The van der Waals surface area contributed by atoms with Crippen molar-refractivity contribution in [2.45, 2.75) is 57.5 Å². The van der Waals surface area contributed by atoms with Crippen molar-refractivity contribution < 1.29 is 18.7 Å². The van der Waals surface area contributed by atoms with Gasteiger partial charge in [0.2, 0.25) is 0 Å². The topological polar surface area (TPSA) is 142 Å². The number of thiazole rings is 1. The summed E-state index contributed by atoms with van der Waals surface area (Å²) in [7, 11) is -3.59. The molecule has 2 aromatic heterocycles. The Morgan fingerprint density at radius 2 is 1.92 bits per heavy atom. The molecule has 0 amide bonds. The molecule has 2 heterocycles. The zero-order chi connectivity index (χ0) is 27.0. The number of nitrogens with zero attached hydrogens (tertiary/aromatic N) is 4. The fourth-order valence-corrected chi connectivity index (χ4v) is 6.87. The summed E-state index contributed by atoms with van der Waals surface area (Å²) in [5.74, 6) is 0.906. The van der Waals surface area contributed by atoms with Gasteiger partial charge in [-0.2, -0.15) is 10.2 Å². The summed E-state index contributed by atoms with van der Waals surface area (Å²) in [6.45, 7) is 10.0. The first kappa shape index (κ1) is 29.3. The van der Waals surface area contributed by atoms with E-state index < -0.39 is 7.75 Å². The first-order valence-electron chi connectivity index (χ1n) is 12.1. The predicted molar refractivity (Wildman–Crippen MR) is 149 cm³/mol. The molecule has 1 aromatic carbocycles. The number of thioether (sulfide) groups is 1. The second-order valence-electron chi connectivity index (χ2n) is 8.62. The summed E-state index contributed by atoms with van der Waals surface area (Å²) in [6.07, 6.45) is 0.746. The summed E-state index contributed by atoms with van der Waals surface area (Å²) in [4.78, 5) is 14.0. The highest BCUT2D eigenvalue weighted by molar-refractivity contribution is 7.99. The van der Waals surface area contributed by atoms with E-state index in [4.69, 9.17) is 14.0 Å². The Morgan fingerprint density at radius 3 is 2.54 bits per heavy atom. The number of hydrogen-bond acceptors (Lipinski definition) is 11. The Bertz CT molecular complexity index is 1270. The third-order valence-electron chi connectivity index (χ3n) is 5.15. The molecular weight excluding hydrogens is 531 g/mol. The standard InChI is InChI=1S/C24H33N6O4PS2/c1-6-33-35(32,34-7-2)30-24-29-22-20(37-24)21(26-19(14-31)11-15(3)4)27-23(28-22)36-16(5)18-10-8-9-17(12-18)13-25/h8-10,12,15-16,19,31H,6-7,11,14H2,1-5H3,(H2,26,27,28,29,30,32)/t16?,19-/m1/s1. The van der Waals surface area contributed by atoms with Gasteiger partial charge in [-0.15, -0.1) is 0 Å². The highest BCUT2D eigenvalue weighted by Crippen LogP contribution is 2.49. The van der Waals surface area contributed by atoms with E-state index in [1.807, 2.05) is 25.1 Å². The number of rotatable bonds is 14. The van der Waals surface area contributed by atoms with Gasteiger partial charge in [-0.25, -0.2) is 14.5 Å². The third kappa shape index (κ3) is 8.11. The van der Waals surface area contributed by atoms with Crippen LogP contribution in [0.5, 0.6) is 0 Å². The van der Waals surface area contributed by atoms with E-state index in [2.05, 4.69) is 40.3 Å². The molecule has 0 aliphatic heterocycles. The van der Waals surface area contributed by atoms with Crippen molar-refractivity contribution in [3.63, 3.8) is 0 Å². The van der Waals surface area contributed by atoms with Gasteiger partial charge in [0.25, 0.3) is 0 Å². The third-order valence-corrected chi connectivity index (χ3v) is 8.97. The lowest BCUT2D eigenvalue weighted by molar-refractivity contribution is 0.225. The molecule has 37 heavy (non-hydrogen) atoms. The van der Waals surface area contributed by atoms with Crippen molar-refractivity contribution in [3.05, 3.63) is 35.4 Å². The first-order valence-corrected chi connectivity index (χ1v) is 15.3. The number of nitrogens with one attached hydrogen (secondary N) is 2. The smallest absolute Gasteiger partial charge is 0.394 e. The average Bonchev–Trinajstić information content (AvgIpc) is 3.25. The molecule has 0 aliphatic rings. The fraction of sp³-hybridized carbons (Fsp3) is 0.500. The highest BCUT2D eigenvalue weighted by atomic mass is 32.2. The van der Waals surface area contributed by atoms with E-state index in [9.17, 15) is 14.9 Å². The predicted octanol–water partition coefficient (Wildman–Crippen LogP) is 6.22. The van der Waals surface area contributed by atoms with Crippen LogP contribution in [0.25, 0.3) is 10.3 Å². The van der Waals surface area contributed by atoms with Gasteiger partial charge in [0, 0.05) is 5.25 Å². The lowest BCUT2D eigenvalue weighted by atomic mass is 10.0. The van der Waals surface area contributed by atoms with E-state index in [1.54, 1.807) is 19.9 Å². The molecule has 2 atom stereocenters. The molecule has 3 rings (SSSR count). The second kappa shape index (κ2) is 13.5. The monoisotopic (exact) mass is 564 g/mol. The summed E-state index contributed by atoms with van der Waals surface area (Å²) in [5, 5.41) is 26.2. The maximum absolute atomic E-state index is 13.0. The van der Waals surface area contributed by atoms with Gasteiger partial charge in [0.1, 0.15) is 4.70 Å². The lowest BCUT2D eigenvalue weighted by Gasteiger charge is -2.19. The maximum Gasteiger partial charge on any atom is 0.434 e. The normalized spacial score (nSPS) is 13.5. The molecule has 0 radical (unpaired) electrons. The number of aliphatic hydroxyl groups is 1. The Morgan fingerprint density at radius 1 is 1.19 bits per heavy atom. The summed E-state index contributed by atoms with van der Waals surface area (Å²) >= 11 is 2.67. The van der Waals surface area contributed by atoms with E-state index >= 15 is 0 Å². The van der Waals surface area contributed by atoms with E-state index in [0.717, 1.165) is 12.0 Å². The Labute approximate surface area is 225 Å². The average molecular weight is 565 g/mol. The number of aromatic nitrogens is 3. The van der Waals surface area contributed by atoms with Crippen molar-refractivity contribution in [2.24, 2.45) is 5.92 Å². The van der Waals surface area contributed by atoms with Crippen molar-refractivity contribution in [1.29, 1.82) is 5.26 Å². The molecule has 0 bridgehead atoms. The Hall–Kier alpha value is -2.26. The van der Waals surface area contributed by atoms with Crippen LogP contribution in [0.4, 0.5) is 10.9 Å². The lowest BCUT2D eigenvalue weighted by Crippen LogP contribution is -2.26. The van der Waals surface area contributed by atoms with Crippen LogP contribution in [0.2, 0.25) is 0 Å². The number of hydrogen-bond donors (Lipinski definition) is 3. The number of anilines is 2. The van der Waals surface area contributed by atoms with Crippen molar-refractivity contribution in [2.75, 3.05) is 30.2 Å². The SMILES string of the molecule is CCOP(=O)(Nc1nc2nc(SC(C)c3cccc(C#N)c3)nc(N[C@@H](CO)CC(C)C)c2s1)OCC. The quantitative estimate of drug-likeness (QED) is 0.117. The first-order chi connectivity index (χ1) is 17.7. The number of fused-ring (bicyclic) bond motifs is 1. The molecule has 10 nitrogen and oxygen atoms in total. The van der Waals surface area contributed by atoms with E-state index in [-0.39, 0.29) is 31.1 Å². The van der Waals surface area contributed by atoms with E-state index in [1.165, 1.54) is 23.1 Å². The molecule has 0 fully saturated rings. The van der Waals surface area contributed by atoms with Gasteiger partial charge in [0.15, 0.2) is 21.8 Å². The molecule has 3 aromatic rings. The highest BCUT2D eigenvalue weighted by Gasteiger charge is 2.27. The molecule has 0 saturated carbocycles. The summed E-state index contributed by atoms with van der Waals surface area (Å²) in [6, 6.07) is 9.39. The van der Waals surface area contributed by atoms with Crippen LogP contribution in [-0.4, -0.2) is 45.9 Å². The molecule has 200 valence electrons. The maximum atomic E-state index is 13.0. The Balaban J connectivity index is 1.99. The van der Waals surface area contributed by atoms with Crippen LogP contribution in [0.1, 0.15) is 57.4 Å². The minimum Gasteiger partial charge on any atom is -0.394 e. The van der Waals surface area contributed by atoms with Crippen LogP contribution in [0.3, 0.4) is 0 Å². The van der Waals surface area contributed by atoms with Crippen molar-refractivity contribution in [3.8, 4) is 6.07 Å². The van der Waals surface area contributed by atoms with Gasteiger partial charge in [-0.3, -0.25) is 14.1 Å². The summed E-state index contributed by atoms with van der Waals surface area (Å²) in [5.41, 5.74) is 1.99. The molecular formula is C24H33N6O4PS2. The molecule has 0 saturated heterocycles. The van der Waals surface area contributed by atoms with Gasteiger partial charge >= 0.3 is 7.75 Å². The van der Waals surface area contributed by atoms with Crippen LogP contribution in [0, 0.1) is 17.2 Å². The minimum atomic E-state index is -3.59. The fourth-order valence-electron chi connectivity index (χ4n) is 3.59. The molecule has 3 N–H and O–H groups in total. The summed E-state index contributed by atoms with van der Waals surface area (Å²) < 4.78 is 24.4. The molecule has 1 unspecified atom stereocenters. The Kier molecular flexibility index (Phi) is 10.7. The van der Waals surface area contributed by atoms with Gasteiger partial charge in [-0.05, 0) is 50.8 Å². The van der Waals surface area contributed by atoms with Gasteiger partial charge < -0.3 is 10.4 Å². The van der Waals surface area contributed by atoms with Gasteiger partial charge in [0.05, 0.1) is 37.5 Å². The largest absolute Gasteiger partial charge is 0.434 e. The number of nitriles is 1. The van der Waals surface area contributed by atoms with Crippen molar-refractivity contribution >= 4 is 52.1 Å². The zero-order valence-corrected chi connectivity index (χ0v) is 24.1. The molecule has 0 aliphatic carbocycles. The molecule has 13 heteroatoms. The number of benzene rings is 1. The molecule has 0 spiro atoms.